The van der Waals surface area contributed by atoms with Gasteiger partial charge in [-0.3, -0.25) is 9.36 Å². The van der Waals surface area contributed by atoms with Crippen molar-refractivity contribution in [1.82, 2.24) is 14.6 Å². The topological polar surface area (TPSA) is 67.9 Å². The van der Waals surface area contributed by atoms with Crippen molar-refractivity contribution in [2.24, 2.45) is 0 Å². The van der Waals surface area contributed by atoms with Crippen LogP contribution in [0.25, 0.3) is 5.82 Å². The monoisotopic (exact) mass is 331 g/mol. The largest absolute Gasteiger partial charge is 0.360 e. The molecule has 130 valence electrons. The second-order valence-corrected chi connectivity index (χ2v) is 6.65. The molecule has 0 bridgehead atoms. The summed E-state index contributed by atoms with van der Waals surface area (Å²) in [4.78, 5) is 13.6. The van der Waals surface area contributed by atoms with Crippen molar-refractivity contribution < 1.29 is 14.6 Å². The lowest BCUT2D eigenvalue weighted by Gasteiger charge is -2.14. The van der Waals surface area contributed by atoms with E-state index in [2.05, 4.69) is 35.0 Å². The number of amides is 1. The van der Waals surface area contributed by atoms with Gasteiger partial charge in [-0.1, -0.05) is 5.16 Å². The number of rotatable bonds is 7. The Kier molecular flexibility index (Phi) is 5.04. The van der Waals surface area contributed by atoms with Gasteiger partial charge in [0.05, 0.1) is 6.54 Å². The minimum atomic E-state index is 0.321. The van der Waals surface area contributed by atoms with Crippen molar-refractivity contribution in [3.8, 4) is 5.82 Å². The molecule has 1 aliphatic heterocycles. The van der Waals surface area contributed by atoms with E-state index in [1.807, 2.05) is 17.9 Å². The number of nitrogens with two attached hydrogens (primary N) is 1. The summed E-state index contributed by atoms with van der Waals surface area (Å²) in [5, 5.41) is 6.44. The third kappa shape index (κ3) is 3.53. The molecule has 0 aromatic carbocycles. The highest BCUT2D eigenvalue weighted by Crippen LogP contribution is 2.20. The average molecular weight is 331 g/mol. The van der Waals surface area contributed by atoms with Gasteiger partial charge in [0.1, 0.15) is 12.3 Å². The van der Waals surface area contributed by atoms with Crippen LogP contribution in [0.5, 0.6) is 0 Å². The first kappa shape index (κ1) is 16.8. The summed E-state index contributed by atoms with van der Waals surface area (Å²) in [7, 11) is 0. The van der Waals surface area contributed by atoms with Crippen LogP contribution in [0.4, 0.5) is 0 Å². The number of aromatic nitrogens is 2. The minimum Gasteiger partial charge on any atom is -0.360 e. The first-order valence-electron chi connectivity index (χ1n) is 8.77. The fourth-order valence-electron chi connectivity index (χ4n) is 3.47. The fourth-order valence-corrected chi connectivity index (χ4v) is 3.47. The molecule has 1 aliphatic rings. The molecule has 0 unspecified atom stereocenters. The van der Waals surface area contributed by atoms with Gasteiger partial charge in [0.25, 0.3) is 0 Å². The molecule has 2 N–H and O–H groups in total. The lowest BCUT2D eigenvalue weighted by molar-refractivity contribution is -0.670. The SMILES string of the molecule is Cc1cc(-n2c(C)cc(C[NH2+]CCCN3CCCC3=O)c2C)no1. The Hall–Kier alpha value is -2.08. The van der Waals surface area contributed by atoms with Crippen molar-refractivity contribution in [3.05, 3.63) is 34.8 Å². The van der Waals surface area contributed by atoms with Gasteiger partial charge >= 0.3 is 0 Å². The van der Waals surface area contributed by atoms with E-state index in [0.717, 1.165) is 57.0 Å². The summed E-state index contributed by atoms with van der Waals surface area (Å²) >= 11 is 0. The zero-order valence-corrected chi connectivity index (χ0v) is 14.8. The van der Waals surface area contributed by atoms with Crippen LogP contribution in [-0.2, 0) is 11.3 Å². The molecule has 0 spiro atoms. The Labute approximate surface area is 142 Å². The quantitative estimate of drug-likeness (QED) is 0.781. The minimum absolute atomic E-state index is 0.321. The number of carbonyl (C=O) groups excluding carboxylic acids is 1. The van der Waals surface area contributed by atoms with Crippen LogP contribution >= 0.6 is 0 Å². The summed E-state index contributed by atoms with van der Waals surface area (Å²) < 4.78 is 7.34. The number of carbonyl (C=O) groups is 1. The van der Waals surface area contributed by atoms with Crippen molar-refractivity contribution in [2.75, 3.05) is 19.6 Å². The second-order valence-electron chi connectivity index (χ2n) is 6.65. The highest BCUT2D eigenvalue weighted by molar-refractivity contribution is 5.77. The van der Waals surface area contributed by atoms with E-state index in [9.17, 15) is 4.79 Å². The molecule has 1 saturated heterocycles. The Morgan fingerprint density at radius 3 is 2.79 bits per heavy atom. The molecular weight excluding hydrogens is 304 g/mol. The fraction of sp³-hybridized carbons (Fsp3) is 0.556. The van der Waals surface area contributed by atoms with Crippen LogP contribution in [0, 0.1) is 20.8 Å². The molecule has 2 aromatic heterocycles. The number of nitrogens with zero attached hydrogens (tertiary/aromatic N) is 3. The summed E-state index contributed by atoms with van der Waals surface area (Å²) in [5.74, 6) is 1.99. The van der Waals surface area contributed by atoms with Crippen LogP contribution in [0.2, 0.25) is 0 Å². The van der Waals surface area contributed by atoms with Gasteiger partial charge in [-0.2, -0.15) is 0 Å². The smallest absolute Gasteiger partial charge is 0.222 e. The summed E-state index contributed by atoms with van der Waals surface area (Å²) in [6.45, 7) is 9.96. The lowest BCUT2D eigenvalue weighted by atomic mass is 10.2. The van der Waals surface area contributed by atoms with Crippen molar-refractivity contribution in [2.45, 2.75) is 46.6 Å². The van der Waals surface area contributed by atoms with Gasteiger partial charge in [-0.25, -0.2) is 0 Å². The maximum atomic E-state index is 11.6. The van der Waals surface area contributed by atoms with Crippen LogP contribution in [-0.4, -0.2) is 40.2 Å². The van der Waals surface area contributed by atoms with Gasteiger partial charge in [0.2, 0.25) is 5.91 Å². The van der Waals surface area contributed by atoms with Crippen LogP contribution < -0.4 is 5.32 Å². The van der Waals surface area contributed by atoms with Crippen LogP contribution in [0.15, 0.2) is 16.7 Å². The number of aryl methyl sites for hydroxylation is 2. The number of likely N-dealkylation sites (tertiary alicyclic amines) is 1. The predicted octanol–water partition coefficient (Wildman–Crippen LogP) is 1.47. The van der Waals surface area contributed by atoms with Gasteiger partial charge < -0.3 is 14.7 Å². The van der Waals surface area contributed by atoms with E-state index in [-0.39, 0.29) is 0 Å². The first-order valence-corrected chi connectivity index (χ1v) is 8.77. The maximum Gasteiger partial charge on any atom is 0.222 e. The molecule has 0 atom stereocenters. The predicted molar refractivity (Wildman–Crippen MR) is 91.0 cm³/mol. The molecular formula is C18H27N4O2+. The molecule has 3 rings (SSSR count). The number of quaternary nitrogens is 1. The zero-order chi connectivity index (χ0) is 17.1. The van der Waals surface area contributed by atoms with E-state index < -0.39 is 0 Å². The second kappa shape index (κ2) is 7.21. The normalized spacial score (nSPS) is 14.8. The van der Waals surface area contributed by atoms with E-state index in [0.29, 0.717) is 5.91 Å². The molecule has 6 heteroatoms. The van der Waals surface area contributed by atoms with Gasteiger partial charge in [-0.15, -0.1) is 0 Å². The first-order chi connectivity index (χ1) is 11.6. The maximum absolute atomic E-state index is 11.6. The molecule has 0 aliphatic carbocycles. The Morgan fingerprint density at radius 2 is 2.12 bits per heavy atom. The van der Waals surface area contributed by atoms with E-state index in [1.165, 1.54) is 17.0 Å². The van der Waals surface area contributed by atoms with Crippen LogP contribution in [0.3, 0.4) is 0 Å². The molecule has 2 aromatic rings. The van der Waals surface area contributed by atoms with E-state index >= 15 is 0 Å². The van der Waals surface area contributed by atoms with Crippen molar-refractivity contribution in [1.29, 1.82) is 0 Å². The zero-order valence-electron chi connectivity index (χ0n) is 14.8. The highest BCUT2D eigenvalue weighted by atomic mass is 16.5. The standard InChI is InChI=1S/C18H26N4O2/c1-13-10-16(15(3)22(13)17-11-14(2)24-20-17)12-19-7-5-9-21-8-4-6-18(21)23/h10-11,19H,4-9,12H2,1-3H3/p+1. The Morgan fingerprint density at radius 1 is 1.29 bits per heavy atom. The van der Waals surface area contributed by atoms with Gasteiger partial charge in [-0.05, 0) is 33.3 Å². The number of hydrogen-bond donors (Lipinski definition) is 1. The lowest BCUT2D eigenvalue weighted by Crippen LogP contribution is -2.82. The molecule has 1 amide bonds. The van der Waals surface area contributed by atoms with Crippen molar-refractivity contribution in [3.63, 3.8) is 0 Å². The summed E-state index contributed by atoms with van der Waals surface area (Å²) in [5.41, 5.74) is 3.71. The van der Waals surface area contributed by atoms with Crippen molar-refractivity contribution >= 4 is 5.91 Å². The number of hydrogen-bond acceptors (Lipinski definition) is 3. The molecule has 24 heavy (non-hydrogen) atoms. The Balaban J connectivity index is 1.52. The van der Waals surface area contributed by atoms with Crippen LogP contribution in [0.1, 0.15) is 42.0 Å². The van der Waals surface area contributed by atoms with Gasteiger partial charge in [0, 0.05) is 48.9 Å². The van der Waals surface area contributed by atoms with Gasteiger partial charge in [0.15, 0.2) is 5.82 Å². The van der Waals surface area contributed by atoms with E-state index in [1.54, 1.807) is 0 Å². The summed E-state index contributed by atoms with van der Waals surface area (Å²) in [6.07, 6.45) is 2.81. The molecule has 3 heterocycles. The molecule has 6 nitrogen and oxygen atoms in total. The third-order valence-electron chi connectivity index (χ3n) is 4.75. The molecule has 1 fully saturated rings. The Bertz CT molecular complexity index is 717. The molecule has 0 saturated carbocycles. The molecule has 0 radical (unpaired) electrons. The summed E-state index contributed by atoms with van der Waals surface area (Å²) in [6, 6.07) is 4.18. The third-order valence-corrected chi connectivity index (χ3v) is 4.75. The average Bonchev–Trinajstić information content (AvgIpc) is 3.21. The highest BCUT2D eigenvalue weighted by Gasteiger charge is 2.19. The van der Waals surface area contributed by atoms with E-state index in [4.69, 9.17) is 4.52 Å².